The maximum atomic E-state index is 12.6. The third kappa shape index (κ3) is 2.82. The molecular formula is C21H23N3O. The number of fused-ring (bicyclic) bond motifs is 1. The highest BCUT2D eigenvalue weighted by atomic mass is 16.2. The fraction of sp³-hybridized carbons (Fsp3) is 0.333. The number of anilines is 1. The van der Waals surface area contributed by atoms with Gasteiger partial charge in [0.1, 0.15) is 5.82 Å². The first-order valence-corrected chi connectivity index (χ1v) is 8.99. The Kier molecular flexibility index (Phi) is 4.04. The first-order chi connectivity index (χ1) is 12.2. The van der Waals surface area contributed by atoms with Crippen LogP contribution in [0.5, 0.6) is 0 Å². The summed E-state index contributed by atoms with van der Waals surface area (Å²) in [5.74, 6) is 1.38. The third-order valence-electron chi connectivity index (χ3n) is 4.97. The molecule has 1 aliphatic rings. The van der Waals surface area contributed by atoms with Crippen molar-refractivity contribution in [3.63, 3.8) is 0 Å². The molecule has 2 heterocycles. The van der Waals surface area contributed by atoms with E-state index < -0.39 is 0 Å². The topological polar surface area (TPSA) is 38.1 Å². The maximum absolute atomic E-state index is 12.6. The van der Waals surface area contributed by atoms with Crippen molar-refractivity contribution in [1.29, 1.82) is 0 Å². The monoisotopic (exact) mass is 333 g/mol. The Morgan fingerprint density at radius 3 is 2.64 bits per heavy atom. The molecule has 128 valence electrons. The van der Waals surface area contributed by atoms with Gasteiger partial charge in [0.25, 0.3) is 0 Å². The highest BCUT2D eigenvalue weighted by Gasteiger charge is 2.34. The third-order valence-corrected chi connectivity index (χ3v) is 4.97. The number of para-hydroxylation sites is 2. The number of benzene rings is 2. The predicted molar refractivity (Wildman–Crippen MR) is 101 cm³/mol. The van der Waals surface area contributed by atoms with Gasteiger partial charge in [0.2, 0.25) is 5.91 Å². The van der Waals surface area contributed by atoms with Gasteiger partial charge in [-0.3, -0.25) is 4.79 Å². The molecular weight excluding hydrogens is 310 g/mol. The second kappa shape index (κ2) is 6.36. The zero-order chi connectivity index (χ0) is 17.4. The van der Waals surface area contributed by atoms with E-state index in [1.165, 1.54) is 11.1 Å². The fourth-order valence-corrected chi connectivity index (χ4v) is 3.72. The Hall–Kier alpha value is -2.62. The molecule has 0 aliphatic carbocycles. The number of aromatic nitrogens is 2. The van der Waals surface area contributed by atoms with Gasteiger partial charge in [0, 0.05) is 31.1 Å². The van der Waals surface area contributed by atoms with Crippen LogP contribution in [0.2, 0.25) is 0 Å². The van der Waals surface area contributed by atoms with Crippen molar-refractivity contribution in [2.75, 3.05) is 11.4 Å². The summed E-state index contributed by atoms with van der Waals surface area (Å²) >= 11 is 0. The van der Waals surface area contributed by atoms with Crippen molar-refractivity contribution in [2.24, 2.45) is 0 Å². The van der Waals surface area contributed by atoms with E-state index >= 15 is 0 Å². The standard InChI is InChI=1S/C21H23N3O/c1-3-12-23-19-7-5-4-6-18(19)22-21(23)16-13-20(25)24(14-16)17-10-8-15(2)9-11-17/h4-11,16H,3,12-14H2,1-2H3/t16-/m1/s1. The highest BCUT2D eigenvalue weighted by Crippen LogP contribution is 2.33. The van der Waals surface area contributed by atoms with Crippen molar-refractivity contribution in [1.82, 2.24) is 9.55 Å². The molecule has 1 aliphatic heterocycles. The Morgan fingerprint density at radius 2 is 1.88 bits per heavy atom. The van der Waals surface area contributed by atoms with Crippen LogP contribution < -0.4 is 4.90 Å². The number of imidazole rings is 1. The molecule has 25 heavy (non-hydrogen) atoms. The quantitative estimate of drug-likeness (QED) is 0.715. The molecule has 0 bridgehead atoms. The summed E-state index contributed by atoms with van der Waals surface area (Å²) in [6.45, 7) is 5.88. The zero-order valence-corrected chi connectivity index (χ0v) is 14.8. The number of rotatable bonds is 4. The van der Waals surface area contributed by atoms with Crippen LogP contribution in [0.4, 0.5) is 5.69 Å². The van der Waals surface area contributed by atoms with Gasteiger partial charge < -0.3 is 9.47 Å². The van der Waals surface area contributed by atoms with E-state index in [2.05, 4.69) is 48.7 Å². The summed E-state index contributed by atoms with van der Waals surface area (Å²) in [5, 5.41) is 0. The van der Waals surface area contributed by atoms with Crippen molar-refractivity contribution >= 4 is 22.6 Å². The lowest BCUT2D eigenvalue weighted by molar-refractivity contribution is -0.117. The molecule has 4 heteroatoms. The van der Waals surface area contributed by atoms with E-state index in [1.54, 1.807) is 0 Å². The van der Waals surface area contributed by atoms with E-state index in [1.807, 2.05) is 23.1 Å². The first kappa shape index (κ1) is 15.9. The van der Waals surface area contributed by atoms with Crippen LogP contribution in [0, 0.1) is 6.92 Å². The lowest BCUT2D eigenvalue weighted by Crippen LogP contribution is -2.24. The Balaban J connectivity index is 1.69. The van der Waals surface area contributed by atoms with Gasteiger partial charge in [0.15, 0.2) is 0 Å². The molecule has 4 nitrogen and oxygen atoms in total. The second-order valence-corrected chi connectivity index (χ2v) is 6.85. The summed E-state index contributed by atoms with van der Waals surface area (Å²) in [6.07, 6.45) is 1.58. The van der Waals surface area contributed by atoms with Crippen molar-refractivity contribution in [2.45, 2.75) is 39.2 Å². The van der Waals surface area contributed by atoms with E-state index in [0.29, 0.717) is 13.0 Å². The van der Waals surface area contributed by atoms with Crippen LogP contribution in [0.25, 0.3) is 11.0 Å². The Morgan fingerprint density at radius 1 is 1.12 bits per heavy atom. The minimum absolute atomic E-state index is 0.146. The zero-order valence-electron chi connectivity index (χ0n) is 14.8. The molecule has 2 aromatic carbocycles. The normalized spacial score (nSPS) is 17.6. The second-order valence-electron chi connectivity index (χ2n) is 6.85. The Labute approximate surface area is 148 Å². The van der Waals surface area contributed by atoms with Crippen LogP contribution in [-0.2, 0) is 11.3 Å². The van der Waals surface area contributed by atoms with Crippen LogP contribution in [0.3, 0.4) is 0 Å². The van der Waals surface area contributed by atoms with Gasteiger partial charge in [-0.15, -0.1) is 0 Å². The van der Waals surface area contributed by atoms with Crippen LogP contribution >= 0.6 is 0 Å². The van der Waals surface area contributed by atoms with E-state index in [4.69, 9.17) is 4.98 Å². The van der Waals surface area contributed by atoms with Crippen molar-refractivity contribution in [3.05, 3.63) is 59.9 Å². The summed E-state index contributed by atoms with van der Waals surface area (Å²) < 4.78 is 2.30. The number of hydrogen-bond acceptors (Lipinski definition) is 2. The molecule has 1 atom stereocenters. The molecule has 0 saturated carbocycles. The molecule has 1 amide bonds. The van der Waals surface area contributed by atoms with Gasteiger partial charge in [-0.1, -0.05) is 36.8 Å². The molecule has 0 unspecified atom stereocenters. The molecule has 4 rings (SSSR count). The highest BCUT2D eigenvalue weighted by molar-refractivity contribution is 5.96. The van der Waals surface area contributed by atoms with E-state index in [0.717, 1.165) is 30.0 Å². The van der Waals surface area contributed by atoms with Crippen molar-refractivity contribution < 1.29 is 4.79 Å². The average molecular weight is 333 g/mol. The predicted octanol–water partition coefficient (Wildman–Crippen LogP) is 4.28. The number of carbonyl (C=O) groups excluding carboxylic acids is 1. The van der Waals surface area contributed by atoms with Gasteiger partial charge in [0.05, 0.1) is 11.0 Å². The molecule has 0 N–H and O–H groups in total. The summed E-state index contributed by atoms with van der Waals surface area (Å²) in [4.78, 5) is 19.4. The van der Waals surface area contributed by atoms with Crippen LogP contribution in [-0.4, -0.2) is 22.0 Å². The number of amides is 1. The summed E-state index contributed by atoms with van der Waals surface area (Å²) in [6, 6.07) is 16.4. The minimum Gasteiger partial charge on any atom is -0.328 e. The van der Waals surface area contributed by atoms with Crippen LogP contribution in [0.15, 0.2) is 48.5 Å². The minimum atomic E-state index is 0.146. The smallest absolute Gasteiger partial charge is 0.227 e. The van der Waals surface area contributed by atoms with Gasteiger partial charge in [-0.25, -0.2) is 4.98 Å². The van der Waals surface area contributed by atoms with Gasteiger partial charge >= 0.3 is 0 Å². The molecule has 3 aromatic rings. The molecule has 1 fully saturated rings. The summed E-state index contributed by atoms with van der Waals surface area (Å²) in [7, 11) is 0. The van der Waals surface area contributed by atoms with Gasteiger partial charge in [-0.05, 0) is 37.6 Å². The fourth-order valence-electron chi connectivity index (χ4n) is 3.72. The lowest BCUT2D eigenvalue weighted by atomic mass is 10.1. The van der Waals surface area contributed by atoms with Crippen molar-refractivity contribution in [3.8, 4) is 0 Å². The lowest BCUT2D eigenvalue weighted by Gasteiger charge is -2.17. The summed E-state index contributed by atoms with van der Waals surface area (Å²) in [5.41, 5.74) is 4.38. The molecule has 0 radical (unpaired) electrons. The first-order valence-electron chi connectivity index (χ1n) is 8.99. The molecule has 1 aromatic heterocycles. The number of aryl methyl sites for hydroxylation is 2. The van der Waals surface area contributed by atoms with Gasteiger partial charge in [-0.2, -0.15) is 0 Å². The molecule has 0 spiro atoms. The Bertz CT molecular complexity index is 911. The van der Waals surface area contributed by atoms with E-state index in [-0.39, 0.29) is 11.8 Å². The average Bonchev–Trinajstić information content (AvgIpc) is 3.17. The number of nitrogens with zero attached hydrogens (tertiary/aromatic N) is 3. The maximum Gasteiger partial charge on any atom is 0.227 e. The number of carbonyl (C=O) groups is 1. The number of hydrogen-bond donors (Lipinski definition) is 0. The van der Waals surface area contributed by atoms with Crippen LogP contribution in [0.1, 0.15) is 37.1 Å². The molecule has 1 saturated heterocycles. The largest absolute Gasteiger partial charge is 0.328 e. The SMILES string of the molecule is CCCn1c([C@@H]2CC(=O)N(c3ccc(C)cc3)C2)nc2ccccc21. The van der Waals surface area contributed by atoms with E-state index in [9.17, 15) is 4.79 Å².